The van der Waals surface area contributed by atoms with Crippen molar-refractivity contribution in [2.45, 2.75) is 0 Å². The largest absolute Gasteiger partial charge is 0.497 e. The summed E-state index contributed by atoms with van der Waals surface area (Å²) >= 11 is 6.77. The Morgan fingerprint density at radius 2 is 1.09 bits per heavy atom. The number of hydrazone groups is 2. The lowest BCUT2D eigenvalue weighted by molar-refractivity contribution is -0.123. The van der Waals surface area contributed by atoms with Crippen molar-refractivity contribution in [3.05, 3.63) is 93.1 Å². The lowest BCUT2D eigenvalue weighted by Crippen LogP contribution is -2.24. The standard InChI is InChI=1S/C32H26Br2N6O6/c1-43-23-9-11-27(25(33)13-23)45-17-29(41)39-35-15-21-7-5-19-3-4-20-6-8-22(38-32(20)31(19)37-21)16-36-40-30(42)18-46-28-12-10-24(44-2)14-26(28)34/h3-16H,17-18H2,1-2H3,(H,39,41)(H,40,42)/b35-15+,36-16+. The number of amides is 2. The Balaban J connectivity index is 1.20. The Bertz CT molecular complexity index is 1830. The molecular formula is C32H26Br2N6O6. The minimum atomic E-state index is -0.442. The Labute approximate surface area is 280 Å². The van der Waals surface area contributed by atoms with E-state index in [2.05, 4.69) is 62.9 Å². The molecule has 0 unspecified atom stereocenters. The molecule has 0 aliphatic heterocycles. The summed E-state index contributed by atoms with van der Waals surface area (Å²) in [5.74, 6) is 1.43. The molecule has 0 saturated heterocycles. The normalized spacial score (nSPS) is 11.2. The molecule has 2 N–H and O–H groups in total. The summed E-state index contributed by atoms with van der Waals surface area (Å²) in [6.45, 7) is -0.472. The van der Waals surface area contributed by atoms with Gasteiger partial charge in [-0.05, 0) is 80.4 Å². The number of pyridine rings is 2. The lowest BCUT2D eigenvalue weighted by atomic mass is 10.1. The molecule has 0 spiro atoms. The second kappa shape index (κ2) is 15.3. The molecule has 0 aliphatic rings. The molecule has 46 heavy (non-hydrogen) atoms. The summed E-state index contributed by atoms with van der Waals surface area (Å²) in [6, 6.07) is 21.6. The fraction of sp³-hybridized carbons (Fsp3) is 0.125. The van der Waals surface area contributed by atoms with Crippen LogP contribution in [0.2, 0.25) is 0 Å². The quantitative estimate of drug-likeness (QED) is 0.0983. The molecule has 0 radical (unpaired) electrons. The Morgan fingerprint density at radius 1 is 0.674 bits per heavy atom. The second-order valence-electron chi connectivity index (χ2n) is 9.44. The predicted molar refractivity (Wildman–Crippen MR) is 181 cm³/mol. The van der Waals surface area contributed by atoms with Gasteiger partial charge in [0, 0.05) is 10.8 Å². The zero-order chi connectivity index (χ0) is 32.5. The number of fused-ring (bicyclic) bond motifs is 3. The van der Waals surface area contributed by atoms with E-state index in [1.54, 1.807) is 62.8 Å². The molecule has 0 fully saturated rings. The molecule has 0 atom stereocenters. The molecule has 2 amide bonds. The van der Waals surface area contributed by atoms with Crippen LogP contribution in [0.5, 0.6) is 23.0 Å². The van der Waals surface area contributed by atoms with Crippen molar-refractivity contribution in [1.82, 2.24) is 20.8 Å². The van der Waals surface area contributed by atoms with Gasteiger partial charge in [-0.25, -0.2) is 20.8 Å². The number of nitrogens with one attached hydrogen (secondary N) is 2. The molecule has 0 aliphatic carbocycles. The highest BCUT2D eigenvalue weighted by molar-refractivity contribution is 9.11. The number of ether oxygens (including phenoxy) is 4. The van der Waals surface area contributed by atoms with Crippen molar-refractivity contribution in [1.29, 1.82) is 0 Å². The maximum absolute atomic E-state index is 12.3. The van der Waals surface area contributed by atoms with Crippen molar-refractivity contribution in [3.63, 3.8) is 0 Å². The number of methoxy groups -OCH3 is 2. The number of hydrogen-bond acceptors (Lipinski definition) is 10. The minimum Gasteiger partial charge on any atom is -0.497 e. The van der Waals surface area contributed by atoms with E-state index < -0.39 is 11.8 Å². The summed E-state index contributed by atoms with van der Waals surface area (Å²) in [6.07, 6.45) is 2.87. The SMILES string of the molecule is COc1ccc(OCC(=O)N/N=C/c2ccc3ccc4ccc(/C=N/NC(=O)COc5ccc(OC)cc5Br)nc4c3n2)c(Br)c1. The van der Waals surface area contributed by atoms with E-state index in [1.165, 1.54) is 12.4 Å². The number of carbonyl (C=O) groups excluding carboxylic acids is 2. The number of nitrogens with zero attached hydrogens (tertiary/aromatic N) is 4. The van der Waals surface area contributed by atoms with E-state index in [0.29, 0.717) is 54.4 Å². The van der Waals surface area contributed by atoms with Gasteiger partial charge in [0.25, 0.3) is 11.8 Å². The van der Waals surface area contributed by atoms with E-state index in [-0.39, 0.29) is 13.2 Å². The number of hydrogen-bond donors (Lipinski definition) is 2. The summed E-state index contributed by atoms with van der Waals surface area (Å²) < 4.78 is 22.7. The highest BCUT2D eigenvalue weighted by atomic mass is 79.9. The van der Waals surface area contributed by atoms with Crippen molar-refractivity contribution in [2.24, 2.45) is 10.2 Å². The van der Waals surface area contributed by atoms with Crippen LogP contribution in [0.15, 0.2) is 91.9 Å². The molecular weight excluding hydrogens is 724 g/mol. The molecule has 2 aromatic heterocycles. The highest BCUT2D eigenvalue weighted by Crippen LogP contribution is 2.30. The fourth-order valence-electron chi connectivity index (χ4n) is 4.08. The van der Waals surface area contributed by atoms with E-state index >= 15 is 0 Å². The molecule has 12 nitrogen and oxygen atoms in total. The smallest absolute Gasteiger partial charge is 0.277 e. The number of carbonyl (C=O) groups is 2. The van der Waals surface area contributed by atoms with Gasteiger partial charge in [-0.3, -0.25) is 9.59 Å². The second-order valence-corrected chi connectivity index (χ2v) is 11.1. The van der Waals surface area contributed by atoms with Crippen molar-refractivity contribution in [3.8, 4) is 23.0 Å². The third kappa shape index (κ3) is 8.34. The summed E-state index contributed by atoms with van der Waals surface area (Å²) in [5.41, 5.74) is 7.17. The van der Waals surface area contributed by atoms with Gasteiger partial charge < -0.3 is 18.9 Å². The van der Waals surface area contributed by atoms with E-state index in [1.807, 2.05) is 24.3 Å². The Kier molecular flexibility index (Phi) is 10.7. The van der Waals surface area contributed by atoms with Crippen molar-refractivity contribution >= 4 is 77.9 Å². The van der Waals surface area contributed by atoms with E-state index in [0.717, 1.165) is 10.8 Å². The van der Waals surface area contributed by atoms with Crippen LogP contribution in [0, 0.1) is 0 Å². The Hall–Kier alpha value is -5.08. The summed E-state index contributed by atoms with van der Waals surface area (Å²) in [7, 11) is 3.13. The Morgan fingerprint density at radius 3 is 1.48 bits per heavy atom. The molecule has 0 bridgehead atoms. The fourth-order valence-corrected chi connectivity index (χ4v) is 5.03. The van der Waals surface area contributed by atoms with Crippen LogP contribution < -0.4 is 29.8 Å². The third-order valence-corrected chi connectivity index (χ3v) is 7.57. The van der Waals surface area contributed by atoms with Crippen LogP contribution in [-0.2, 0) is 9.59 Å². The van der Waals surface area contributed by atoms with E-state index in [4.69, 9.17) is 18.9 Å². The number of benzene rings is 3. The molecule has 234 valence electrons. The van der Waals surface area contributed by atoms with E-state index in [9.17, 15) is 9.59 Å². The topological polar surface area (TPSA) is 146 Å². The molecule has 14 heteroatoms. The maximum atomic E-state index is 12.3. The molecule has 2 heterocycles. The van der Waals surface area contributed by atoms with Gasteiger partial charge in [-0.2, -0.15) is 10.2 Å². The third-order valence-electron chi connectivity index (χ3n) is 6.33. The van der Waals surface area contributed by atoms with Crippen molar-refractivity contribution < 1.29 is 28.5 Å². The predicted octanol–water partition coefficient (Wildman–Crippen LogP) is 5.38. The average molecular weight is 750 g/mol. The highest BCUT2D eigenvalue weighted by Gasteiger charge is 2.09. The molecule has 5 aromatic rings. The maximum Gasteiger partial charge on any atom is 0.277 e. The minimum absolute atomic E-state index is 0.236. The van der Waals surface area contributed by atoms with Gasteiger partial charge in [-0.1, -0.05) is 24.3 Å². The summed E-state index contributed by atoms with van der Waals surface area (Å²) in [4.78, 5) is 33.9. The molecule has 0 saturated carbocycles. The van der Waals surface area contributed by atoms with Gasteiger partial charge >= 0.3 is 0 Å². The van der Waals surface area contributed by atoms with Crippen LogP contribution in [0.4, 0.5) is 0 Å². The molecule has 3 aromatic carbocycles. The van der Waals surface area contributed by atoms with Crippen molar-refractivity contribution in [2.75, 3.05) is 27.4 Å². The first kappa shape index (κ1) is 32.3. The monoisotopic (exact) mass is 748 g/mol. The average Bonchev–Trinajstić information content (AvgIpc) is 3.07. The van der Waals surface area contributed by atoms with Gasteiger partial charge in [0.2, 0.25) is 0 Å². The lowest BCUT2D eigenvalue weighted by Gasteiger charge is -2.08. The van der Waals surface area contributed by atoms with Crippen LogP contribution in [0.1, 0.15) is 11.4 Å². The number of aromatic nitrogens is 2. The van der Waals surface area contributed by atoms with Crippen LogP contribution in [0.3, 0.4) is 0 Å². The van der Waals surface area contributed by atoms with Gasteiger partial charge in [0.05, 0.1) is 58.0 Å². The first-order valence-electron chi connectivity index (χ1n) is 13.6. The number of halogens is 2. The zero-order valence-electron chi connectivity index (χ0n) is 24.5. The first-order valence-corrected chi connectivity index (χ1v) is 15.2. The first-order chi connectivity index (χ1) is 22.3. The van der Waals surface area contributed by atoms with Gasteiger partial charge in [0.15, 0.2) is 13.2 Å². The van der Waals surface area contributed by atoms with Crippen LogP contribution >= 0.6 is 31.9 Å². The van der Waals surface area contributed by atoms with Gasteiger partial charge in [0.1, 0.15) is 23.0 Å². The number of rotatable bonds is 12. The zero-order valence-corrected chi connectivity index (χ0v) is 27.7. The van der Waals surface area contributed by atoms with Crippen LogP contribution in [0.25, 0.3) is 21.8 Å². The van der Waals surface area contributed by atoms with Crippen LogP contribution in [-0.4, -0.2) is 61.6 Å². The van der Waals surface area contributed by atoms with Gasteiger partial charge in [-0.15, -0.1) is 0 Å². The summed E-state index contributed by atoms with van der Waals surface area (Å²) in [5, 5.41) is 9.76. The molecule has 5 rings (SSSR count).